The van der Waals surface area contributed by atoms with E-state index < -0.39 is 11.7 Å². The van der Waals surface area contributed by atoms with Gasteiger partial charge >= 0.3 is 0 Å². The van der Waals surface area contributed by atoms with Crippen LogP contribution in [0, 0.1) is 5.82 Å². The zero-order chi connectivity index (χ0) is 10.9. The highest BCUT2D eigenvalue weighted by atomic mass is 19.1. The first-order chi connectivity index (χ1) is 7.19. The largest absolute Gasteiger partial charge is 0.385 e. The third kappa shape index (κ3) is 1.66. The zero-order valence-electron chi connectivity index (χ0n) is 8.74. The molecule has 1 aromatic carbocycles. The Morgan fingerprint density at radius 2 is 2.07 bits per heavy atom. The minimum Gasteiger partial charge on any atom is -0.385 e. The molecule has 0 heterocycles. The summed E-state index contributed by atoms with van der Waals surface area (Å²) in [7, 11) is 1.57. The number of benzene rings is 1. The maximum atomic E-state index is 13.5. The Hall–Kier alpha value is -0.930. The number of rotatable bonds is 3. The average molecular weight is 210 g/mol. The van der Waals surface area contributed by atoms with Gasteiger partial charge in [-0.15, -0.1) is 0 Å². The normalized spacial score (nSPS) is 20.7. The summed E-state index contributed by atoms with van der Waals surface area (Å²) < 4.78 is 18.8. The van der Waals surface area contributed by atoms with E-state index in [1.165, 1.54) is 6.07 Å². The minimum atomic E-state index is -0.863. The van der Waals surface area contributed by atoms with Crippen molar-refractivity contribution in [1.29, 1.82) is 0 Å². The van der Waals surface area contributed by atoms with Crippen molar-refractivity contribution < 1.29 is 14.2 Å². The van der Waals surface area contributed by atoms with Gasteiger partial charge in [-0.2, -0.15) is 0 Å². The fourth-order valence-electron chi connectivity index (χ4n) is 2.09. The number of methoxy groups -OCH3 is 1. The number of hydrogen-bond donors (Lipinski definition) is 1. The lowest BCUT2D eigenvalue weighted by Crippen LogP contribution is -2.45. The summed E-state index contributed by atoms with van der Waals surface area (Å²) in [5.74, 6) is -0.367. The highest BCUT2D eigenvalue weighted by Crippen LogP contribution is 2.45. The molecular formula is C12H15FO2. The van der Waals surface area contributed by atoms with E-state index in [0.29, 0.717) is 5.56 Å². The van der Waals surface area contributed by atoms with Crippen LogP contribution in [0.1, 0.15) is 30.9 Å². The molecule has 1 atom stereocenters. The molecule has 2 nitrogen and oxygen atoms in total. The van der Waals surface area contributed by atoms with Gasteiger partial charge in [0.25, 0.3) is 0 Å². The first-order valence-corrected chi connectivity index (χ1v) is 5.17. The van der Waals surface area contributed by atoms with Crippen LogP contribution in [-0.2, 0) is 4.74 Å². The fraction of sp³-hybridized carbons (Fsp3) is 0.500. The van der Waals surface area contributed by atoms with Gasteiger partial charge in [0.05, 0.1) is 5.60 Å². The van der Waals surface area contributed by atoms with E-state index in [4.69, 9.17) is 4.74 Å². The Morgan fingerprint density at radius 1 is 1.40 bits per heavy atom. The van der Waals surface area contributed by atoms with E-state index in [-0.39, 0.29) is 5.82 Å². The number of halogens is 1. The van der Waals surface area contributed by atoms with E-state index in [1.54, 1.807) is 25.3 Å². The molecule has 0 aliphatic heterocycles. The number of aliphatic hydroxyl groups is 1. The molecule has 0 saturated heterocycles. The van der Waals surface area contributed by atoms with E-state index in [0.717, 1.165) is 19.3 Å². The highest BCUT2D eigenvalue weighted by molar-refractivity contribution is 5.23. The Labute approximate surface area is 88.7 Å². The lowest BCUT2D eigenvalue weighted by atomic mass is 9.73. The van der Waals surface area contributed by atoms with Gasteiger partial charge in [0.1, 0.15) is 11.9 Å². The SMILES string of the molecule is COC1(C(O)c2ccccc2F)CCC1. The third-order valence-electron chi connectivity index (χ3n) is 3.30. The molecule has 3 heteroatoms. The molecule has 15 heavy (non-hydrogen) atoms. The van der Waals surface area contributed by atoms with Crippen LogP contribution in [0.4, 0.5) is 4.39 Å². The predicted octanol–water partition coefficient (Wildman–Crippen LogP) is 2.43. The van der Waals surface area contributed by atoms with Crippen LogP contribution in [0.5, 0.6) is 0 Å². The standard InChI is InChI=1S/C12H15FO2/c1-15-12(7-4-8-12)11(14)9-5-2-3-6-10(9)13/h2-3,5-6,11,14H,4,7-8H2,1H3. The second-order valence-corrected chi connectivity index (χ2v) is 4.05. The van der Waals surface area contributed by atoms with Gasteiger partial charge in [-0.25, -0.2) is 4.39 Å². The molecule has 1 saturated carbocycles. The summed E-state index contributed by atoms with van der Waals surface area (Å²) in [5.41, 5.74) is -0.235. The second kappa shape index (κ2) is 3.91. The second-order valence-electron chi connectivity index (χ2n) is 4.05. The van der Waals surface area contributed by atoms with Crippen LogP contribution < -0.4 is 0 Å². The lowest BCUT2D eigenvalue weighted by molar-refractivity contribution is -0.152. The summed E-state index contributed by atoms with van der Waals surface area (Å²) in [6, 6.07) is 6.31. The van der Waals surface area contributed by atoms with Crippen molar-refractivity contribution in [3.63, 3.8) is 0 Å². The van der Waals surface area contributed by atoms with Gasteiger partial charge in [0, 0.05) is 12.7 Å². The van der Waals surface area contributed by atoms with Crippen molar-refractivity contribution in [3.8, 4) is 0 Å². The molecule has 1 aliphatic rings. The van der Waals surface area contributed by atoms with Crippen molar-refractivity contribution in [1.82, 2.24) is 0 Å². The van der Waals surface area contributed by atoms with Crippen LogP contribution in [0.3, 0.4) is 0 Å². The molecule has 1 aromatic rings. The van der Waals surface area contributed by atoms with Gasteiger partial charge in [0.15, 0.2) is 0 Å². The topological polar surface area (TPSA) is 29.5 Å². The molecule has 0 amide bonds. The quantitative estimate of drug-likeness (QED) is 0.830. The van der Waals surface area contributed by atoms with Crippen LogP contribution in [-0.4, -0.2) is 17.8 Å². The highest BCUT2D eigenvalue weighted by Gasteiger charge is 2.45. The number of aliphatic hydroxyl groups excluding tert-OH is 1. The molecule has 0 radical (unpaired) electrons. The molecule has 1 aliphatic carbocycles. The van der Waals surface area contributed by atoms with Crippen LogP contribution in [0.15, 0.2) is 24.3 Å². The smallest absolute Gasteiger partial charge is 0.129 e. The number of ether oxygens (including phenoxy) is 1. The summed E-state index contributed by atoms with van der Waals surface area (Å²) in [6.07, 6.45) is 1.75. The summed E-state index contributed by atoms with van der Waals surface area (Å²) in [6.45, 7) is 0. The van der Waals surface area contributed by atoms with Crippen molar-refractivity contribution >= 4 is 0 Å². The molecule has 2 rings (SSSR count). The minimum absolute atomic E-state index is 0.332. The molecule has 1 fully saturated rings. The Kier molecular flexibility index (Phi) is 2.76. The Balaban J connectivity index is 2.27. The van der Waals surface area contributed by atoms with Crippen molar-refractivity contribution in [3.05, 3.63) is 35.6 Å². The Morgan fingerprint density at radius 3 is 2.53 bits per heavy atom. The summed E-state index contributed by atoms with van der Waals surface area (Å²) >= 11 is 0. The maximum absolute atomic E-state index is 13.5. The van der Waals surface area contributed by atoms with Gasteiger partial charge in [0.2, 0.25) is 0 Å². The first kappa shape index (κ1) is 10.6. The summed E-state index contributed by atoms with van der Waals surface area (Å²) in [4.78, 5) is 0. The maximum Gasteiger partial charge on any atom is 0.129 e. The predicted molar refractivity (Wildman–Crippen MR) is 55.0 cm³/mol. The molecule has 1 N–H and O–H groups in total. The van der Waals surface area contributed by atoms with E-state index in [2.05, 4.69) is 0 Å². The van der Waals surface area contributed by atoms with Crippen molar-refractivity contribution in [2.75, 3.05) is 7.11 Å². The van der Waals surface area contributed by atoms with Crippen LogP contribution in [0.2, 0.25) is 0 Å². The monoisotopic (exact) mass is 210 g/mol. The summed E-state index contributed by atoms with van der Waals surface area (Å²) in [5, 5.41) is 10.1. The van der Waals surface area contributed by atoms with Gasteiger partial charge in [-0.3, -0.25) is 0 Å². The van der Waals surface area contributed by atoms with Gasteiger partial charge < -0.3 is 9.84 Å². The lowest BCUT2D eigenvalue weighted by Gasteiger charge is -2.44. The molecule has 1 unspecified atom stereocenters. The van der Waals surface area contributed by atoms with Gasteiger partial charge in [-0.1, -0.05) is 18.2 Å². The molecule has 0 aromatic heterocycles. The van der Waals surface area contributed by atoms with Crippen molar-refractivity contribution in [2.24, 2.45) is 0 Å². The van der Waals surface area contributed by atoms with Crippen LogP contribution in [0.25, 0.3) is 0 Å². The first-order valence-electron chi connectivity index (χ1n) is 5.17. The molecule has 0 spiro atoms. The van der Waals surface area contributed by atoms with Crippen LogP contribution >= 0.6 is 0 Å². The van der Waals surface area contributed by atoms with E-state index in [1.807, 2.05) is 0 Å². The van der Waals surface area contributed by atoms with Gasteiger partial charge in [-0.05, 0) is 25.3 Å². The van der Waals surface area contributed by atoms with Crippen molar-refractivity contribution in [2.45, 2.75) is 31.0 Å². The molecule has 82 valence electrons. The van der Waals surface area contributed by atoms with E-state index >= 15 is 0 Å². The zero-order valence-corrected chi connectivity index (χ0v) is 8.74. The number of hydrogen-bond acceptors (Lipinski definition) is 2. The Bertz CT molecular complexity index is 342. The molecule has 0 bridgehead atoms. The fourth-order valence-corrected chi connectivity index (χ4v) is 2.09. The average Bonchev–Trinajstić information content (AvgIpc) is 2.17. The third-order valence-corrected chi connectivity index (χ3v) is 3.30. The van der Waals surface area contributed by atoms with E-state index in [9.17, 15) is 9.50 Å². The molecular weight excluding hydrogens is 195 g/mol.